The molecule has 0 saturated heterocycles. The summed E-state index contributed by atoms with van der Waals surface area (Å²) in [6, 6.07) is 14.7. The summed E-state index contributed by atoms with van der Waals surface area (Å²) >= 11 is 5.84. The molecule has 25 heavy (non-hydrogen) atoms. The lowest BCUT2D eigenvalue weighted by atomic mass is 10.1. The fourth-order valence-corrected chi connectivity index (χ4v) is 2.48. The predicted molar refractivity (Wildman–Crippen MR) is 100 cm³/mol. The van der Waals surface area contributed by atoms with Gasteiger partial charge in [0.05, 0.1) is 0 Å². The SMILES string of the molecule is O=C(CCc1ccc(Cl)cc1)Nc1ccc(NC(=O)NC2CC2)cc1. The van der Waals surface area contributed by atoms with E-state index in [-0.39, 0.29) is 11.9 Å². The largest absolute Gasteiger partial charge is 0.335 e. The third-order valence-corrected chi connectivity index (χ3v) is 4.15. The van der Waals surface area contributed by atoms with E-state index in [0.29, 0.717) is 35.3 Å². The minimum atomic E-state index is -0.192. The van der Waals surface area contributed by atoms with Gasteiger partial charge in [0.25, 0.3) is 0 Å². The van der Waals surface area contributed by atoms with Gasteiger partial charge in [-0.25, -0.2) is 4.79 Å². The molecule has 0 radical (unpaired) electrons. The molecule has 1 aliphatic carbocycles. The Bertz CT molecular complexity index is 740. The summed E-state index contributed by atoms with van der Waals surface area (Å²) in [5.41, 5.74) is 2.47. The Morgan fingerprint density at radius 3 is 2.12 bits per heavy atom. The highest BCUT2D eigenvalue weighted by molar-refractivity contribution is 6.30. The van der Waals surface area contributed by atoms with Crippen molar-refractivity contribution in [1.29, 1.82) is 0 Å². The van der Waals surface area contributed by atoms with E-state index in [4.69, 9.17) is 11.6 Å². The standard InChI is InChI=1S/C19H20ClN3O2/c20-14-4-1-13(2-5-14)3-12-18(24)21-15-6-8-16(9-7-15)22-19(25)23-17-10-11-17/h1-2,4-9,17H,3,10-12H2,(H,21,24)(H2,22,23,25). The maximum absolute atomic E-state index is 12.0. The van der Waals surface area contributed by atoms with Crippen LogP contribution >= 0.6 is 11.6 Å². The lowest BCUT2D eigenvalue weighted by Crippen LogP contribution is -2.30. The highest BCUT2D eigenvalue weighted by Gasteiger charge is 2.23. The number of nitrogens with one attached hydrogen (secondary N) is 3. The minimum absolute atomic E-state index is 0.0536. The summed E-state index contributed by atoms with van der Waals surface area (Å²) < 4.78 is 0. The molecule has 0 unspecified atom stereocenters. The van der Waals surface area contributed by atoms with Crippen LogP contribution in [-0.4, -0.2) is 18.0 Å². The van der Waals surface area contributed by atoms with Gasteiger partial charge in [-0.2, -0.15) is 0 Å². The summed E-state index contributed by atoms with van der Waals surface area (Å²) in [4.78, 5) is 23.7. The van der Waals surface area contributed by atoms with Gasteiger partial charge in [0.15, 0.2) is 0 Å². The number of carbonyl (C=O) groups excluding carboxylic acids is 2. The maximum Gasteiger partial charge on any atom is 0.319 e. The lowest BCUT2D eigenvalue weighted by molar-refractivity contribution is -0.116. The number of halogens is 1. The van der Waals surface area contributed by atoms with Crippen LogP contribution in [0.15, 0.2) is 48.5 Å². The van der Waals surface area contributed by atoms with Crippen LogP contribution in [0, 0.1) is 0 Å². The van der Waals surface area contributed by atoms with Gasteiger partial charge in [0.1, 0.15) is 0 Å². The van der Waals surface area contributed by atoms with E-state index in [1.54, 1.807) is 24.3 Å². The van der Waals surface area contributed by atoms with Gasteiger partial charge in [0, 0.05) is 28.9 Å². The van der Waals surface area contributed by atoms with Crippen molar-refractivity contribution in [1.82, 2.24) is 5.32 Å². The number of aryl methyl sites for hydroxylation is 1. The predicted octanol–water partition coefficient (Wildman–Crippen LogP) is 4.20. The van der Waals surface area contributed by atoms with Crippen molar-refractivity contribution in [2.24, 2.45) is 0 Å². The fraction of sp³-hybridized carbons (Fsp3) is 0.263. The molecule has 3 rings (SSSR count). The van der Waals surface area contributed by atoms with Crippen molar-refractivity contribution in [2.45, 2.75) is 31.7 Å². The van der Waals surface area contributed by atoms with Crippen LogP contribution in [0.1, 0.15) is 24.8 Å². The average Bonchev–Trinajstić information content (AvgIpc) is 3.40. The number of hydrogen-bond acceptors (Lipinski definition) is 2. The van der Waals surface area contributed by atoms with Gasteiger partial charge in [-0.05, 0) is 61.2 Å². The summed E-state index contributed by atoms with van der Waals surface area (Å²) in [6.45, 7) is 0. The molecule has 0 bridgehead atoms. The Morgan fingerprint density at radius 2 is 1.52 bits per heavy atom. The van der Waals surface area contributed by atoms with E-state index in [2.05, 4.69) is 16.0 Å². The van der Waals surface area contributed by atoms with E-state index >= 15 is 0 Å². The molecule has 3 N–H and O–H groups in total. The second-order valence-corrected chi connectivity index (χ2v) is 6.56. The highest BCUT2D eigenvalue weighted by Crippen LogP contribution is 2.19. The van der Waals surface area contributed by atoms with Crippen LogP contribution in [0.25, 0.3) is 0 Å². The Morgan fingerprint density at radius 1 is 0.920 bits per heavy atom. The molecule has 2 aromatic rings. The minimum Gasteiger partial charge on any atom is -0.335 e. The van der Waals surface area contributed by atoms with Gasteiger partial charge >= 0.3 is 6.03 Å². The Hall–Kier alpha value is -2.53. The molecule has 2 aromatic carbocycles. The number of rotatable bonds is 6. The van der Waals surface area contributed by atoms with Crippen molar-refractivity contribution in [3.8, 4) is 0 Å². The van der Waals surface area contributed by atoms with Crippen LogP contribution < -0.4 is 16.0 Å². The van der Waals surface area contributed by atoms with Gasteiger partial charge in [-0.1, -0.05) is 23.7 Å². The van der Waals surface area contributed by atoms with Crippen LogP contribution in [0.3, 0.4) is 0 Å². The van der Waals surface area contributed by atoms with Crippen molar-refractivity contribution >= 4 is 34.9 Å². The molecular weight excluding hydrogens is 338 g/mol. The first-order valence-electron chi connectivity index (χ1n) is 8.30. The van der Waals surface area contributed by atoms with Crippen LogP contribution in [0.4, 0.5) is 16.2 Å². The molecule has 0 atom stereocenters. The Balaban J connectivity index is 1.44. The van der Waals surface area contributed by atoms with Crippen LogP contribution in [0.2, 0.25) is 5.02 Å². The third-order valence-electron chi connectivity index (χ3n) is 3.89. The monoisotopic (exact) mass is 357 g/mol. The van der Waals surface area contributed by atoms with E-state index in [1.807, 2.05) is 24.3 Å². The number of hydrogen-bond donors (Lipinski definition) is 3. The molecule has 0 aromatic heterocycles. The second-order valence-electron chi connectivity index (χ2n) is 6.12. The zero-order valence-electron chi connectivity index (χ0n) is 13.7. The molecule has 5 nitrogen and oxygen atoms in total. The smallest absolute Gasteiger partial charge is 0.319 e. The van der Waals surface area contributed by atoms with Crippen molar-refractivity contribution in [2.75, 3.05) is 10.6 Å². The Kier molecular flexibility index (Phi) is 5.56. The average molecular weight is 358 g/mol. The van der Waals surface area contributed by atoms with E-state index in [0.717, 1.165) is 18.4 Å². The first-order valence-corrected chi connectivity index (χ1v) is 8.68. The van der Waals surface area contributed by atoms with Gasteiger partial charge in [-0.3, -0.25) is 4.79 Å². The summed E-state index contributed by atoms with van der Waals surface area (Å²) in [6.07, 6.45) is 3.15. The van der Waals surface area contributed by atoms with Gasteiger partial charge in [-0.15, -0.1) is 0 Å². The highest BCUT2D eigenvalue weighted by atomic mass is 35.5. The lowest BCUT2D eigenvalue weighted by Gasteiger charge is -2.09. The molecule has 0 spiro atoms. The summed E-state index contributed by atoms with van der Waals surface area (Å²) in [5, 5.41) is 9.17. The molecule has 3 amide bonds. The first-order chi connectivity index (χ1) is 12.1. The fourth-order valence-electron chi connectivity index (χ4n) is 2.35. The van der Waals surface area contributed by atoms with E-state index in [1.165, 1.54) is 0 Å². The molecule has 1 aliphatic rings. The molecule has 0 heterocycles. The van der Waals surface area contributed by atoms with E-state index in [9.17, 15) is 9.59 Å². The van der Waals surface area contributed by atoms with Crippen molar-refractivity contribution in [3.05, 3.63) is 59.1 Å². The second kappa shape index (κ2) is 8.03. The Labute approximate surface area is 151 Å². The first kappa shape index (κ1) is 17.3. The molecule has 6 heteroatoms. The molecule has 1 saturated carbocycles. The molecule has 1 fully saturated rings. The number of amides is 3. The molecule has 130 valence electrons. The zero-order chi connectivity index (χ0) is 17.6. The molecule has 0 aliphatic heterocycles. The van der Waals surface area contributed by atoms with E-state index < -0.39 is 0 Å². The normalized spacial score (nSPS) is 13.2. The summed E-state index contributed by atoms with van der Waals surface area (Å²) in [7, 11) is 0. The number of benzene rings is 2. The summed E-state index contributed by atoms with van der Waals surface area (Å²) in [5.74, 6) is -0.0536. The topological polar surface area (TPSA) is 70.2 Å². The van der Waals surface area contributed by atoms with Crippen LogP contribution in [0.5, 0.6) is 0 Å². The zero-order valence-corrected chi connectivity index (χ0v) is 14.5. The quantitative estimate of drug-likeness (QED) is 0.725. The molecular formula is C19H20ClN3O2. The maximum atomic E-state index is 12.0. The van der Waals surface area contributed by atoms with Crippen molar-refractivity contribution in [3.63, 3.8) is 0 Å². The van der Waals surface area contributed by atoms with Crippen LogP contribution in [-0.2, 0) is 11.2 Å². The third kappa shape index (κ3) is 5.80. The number of carbonyl (C=O) groups is 2. The number of urea groups is 1. The van der Waals surface area contributed by atoms with Gasteiger partial charge in [0.2, 0.25) is 5.91 Å². The van der Waals surface area contributed by atoms with Crippen molar-refractivity contribution < 1.29 is 9.59 Å². The van der Waals surface area contributed by atoms with Gasteiger partial charge < -0.3 is 16.0 Å². The number of anilines is 2.